The third-order valence-corrected chi connectivity index (χ3v) is 4.10. The highest BCUT2D eigenvalue weighted by Crippen LogP contribution is 2.48. The molecule has 0 aliphatic heterocycles. The molecule has 1 aliphatic rings. The highest BCUT2D eigenvalue weighted by atomic mass is 16.3. The maximum atomic E-state index is 10.5. The lowest BCUT2D eigenvalue weighted by Gasteiger charge is -2.26. The van der Waals surface area contributed by atoms with Crippen LogP contribution in [0.1, 0.15) is 45.1 Å². The first kappa shape index (κ1) is 13.6. The lowest BCUT2D eigenvalue weighted by atomic mass is 9.95. The van der Waals surface area contributed by atoms with Crippen LogP contribution in [0, 0.1) is 5.41 Å². The molecule has 0 saturated heterocycles. The standard InChI is InChI=1S/C16H25NO/c1-3-9-16(10-11-16)13-17-12-15(2,18)14-7-5-4-6-8-14/h4-8,17-18H,3,9-13H2,1-2H3. The van der Waals surface area contributed by atoms with E-state index < -0.39 is 5.60 Å². The Morgan fingerprint density at radius 2 is 1.94 bits per heavy atom. The lowest BCUT2D eigenvalue weighted by Crippen LogP contribution is -2.38. The van der Waals surface area contributed by atoms with E-state index in [4.69, 9.17) is 0 Å². The largest absolute Gasteiger partial charge is 0.384 e. The Hall–Kier alpha value is -0.860. The topological polar surface area (TPSA) is 32.3 Å². The van der Waals surface area contributed by atoms with Gasteiger partial charge in [-0.15, -0.1) is 0 Å². The molecule has 1 aromatic carbocycles. The average Bonchev–Trinajstić information content (AvgIpc) is 3.11. The van der Waals surface area contributed by atoms with E-state index in [1.165, 1.54) is 25.7 Å². The smallest absolute Gasteiger partial charge is 0.0992 e. The summed E-state index contributed by atoms with van der Waals surface area (Å²) in [6.07, 6.45) is 5.27. The normalized spacial score (nSPS) is 20.4. The Morgan fingerprint density at radius 1 is 1.28 bits per heavy atom. The van der Waals surface area contributed by atoms with Crippen molar-refractivity contribution >= 4 is 0 Å². The zero-order valence-electron chi connectivity index (χ0n) is 11.6. The van der Waals surface area contributed by atoms with Crippen LogP contribution >= 0.6 is 0 Å². The molecule has 1 unspecified atom stereocenters. The van der Waals surface area contributed by atoms with Crippen molar-refractivity contribution in [1.29, 1.82) is 0 Å². The van der Waals surface area contributed by atoms with Crippen molar-refractivity contribution in [1.82, 2.24) is 5.32 Å². The molecule has 2 N–H and O–H groups in total. The van der Waals surface area contributed by atoms with Crippen LogP contribution in [-0.4, -0.2) is 18.2 Å². The first-order valence-corrected chi connectivity index (χ1v) is 7.07. The zero-order chi connectivity index (χ0) is 13.1. The van der Waals surface area contributed by atoms with Crippen LogP contribution in [0.25, 0.3) is 0 Å². The highest BCUT2D eigenvalue weighted by molar-refractivity contribution is 5.21. The van der Waals surface area contributed by atoms with E-state index in [1.54, 1.807) is 0 Å². The van der Waals surface area contributed by atoms with Gasteiger partial charge in [0.25, 0.3) is 0 Å². The second kappa shape index (κ2) is 5.41. The summed E-state index contributed by atoms with van der Waals surface area (Å²) >= 11 is 0. The molecule has 100 valence electrons. The van der Waals surface area contributed by atoms with Crippen LogP contribution in [0.3, 0.4) is 0 Å². The zero-order valence-corrected chi connectivity index (χ0v) is 11.6. The van der Waals surface area contributed by atoms with Crippen molar-refractivity contribution in [3.05, 3.63) is 35.9 Å². The van der Waals surface area contributed by atoms with Crippen molar-refractivity contribution in [3.8, 4) is 0 Å². The molecule has 2 rings (SSSR count). The monoisotopic (exact) mass is 247 g/mol. The summed E-state index contributed by atoms with van der Waals surface area (Å²) in [6.45, 7) is 5.81. The fraction of sp³-hybridized carbons (Fsp3) is 0.625. The lowest BCUT2D eigenvalue weighted by molar-refractivity contribution is 0.0555. The molecule has 0 radical (unpaired) electrons. The molecule has 18 heavy (non-hydrogen) atoms. The van der Waals surface area contributed by atoms with Crippen LogP contribution in [0.15, 0.2) is 30.3 Å². The van der Waals surface area contributed by atoms with Crippen molar-refractivity contribution in [3.63, 3.8) is 0 Å². The van der Waals surface area contributed by atoms with Crippen molar-refractivity contribution in [2.45, 2.75) is 45.1 Å². The molecule has 2 heteroatoms. The molecule has 1 fully saturated rings. The highest BCUT2D eigenvalue weighted by Gasteiger charge is 2.41. The number of benzene rings is 1. The maximum Gasteiger partial charge on any atom is 0.0992 e. The molecule has 0 aromatic heterocycles. The minimum atomic E-state index is -0.774. The summed E-state index contributed by atoms with van der Waals surface area (Å²) in [7, 11) is 0. The molecule has 2 nitrogen and oxygen atoms in total. The molecule has 0 amide bonds. The Kier molecular flexibility index (Phi) is 4.08. The second-order valence-electron chi connectivity index (χ2n) is 5.99. The van der Waals surface area contributed by atoms with Crippen molar-refractivity contribution in [2.24, 2.45) is 5.41 Å². The van der Waals surface area contributed by atoms with Crippen LogP contribution in [0.2, 0.25) is 0 Å². The van der Waals surface area contributed by atoms with Gasteiger partial charge < -0.3 is 10.4 Å². The molecular formula is C16H25NO. The number of aliphatic hydroxyl groups is 1. The minimum absolute atomic E-state index is 0.543. The van der Waals surface area contributed by atoms with E-state index in [1.807, 2.05) is 37.3 Å². The van der Waals surface area contributed by atoms with E-state index in [9.17, 15) is 5.11 Å². The van der Waals surface area contributed by atoms with Crippen molar-refractivity contribution in [2.75, 3.05) is 13.1 Å². The Balaban J connectivity index is 1.83. The van der Waals surface area contributed by atoms with E-state index >= 15 is 0 Å². The van der Waals surface area contributed by atoms with E-state index in [0.29, 0.717) is 12.0 Å². The average molecular weight is 247 g/mol. The van der Waals surface area contributed by atoms with Crippen LogP contribution in [0.4, 0.5) is 0 Å². The van der Waals surface area contributed by atoms with Gasteiger partial charge in [0.15, 0.2) is 0 Å². The third kappa shape index (κ3) is 3.33. The summed E-state index contributed by atoms with van der Waals surface area (Å²) in [5.74, 6) is 0. The van der Waals surface area contributed by atoms with Crippen LogP contribution < -0.4 is 5.32 Å². The molecular weight excluding hydrogens is 222 g/mol. The fourth-order valence-electron chi connectivity index (χ4n) is 2.69. The van der Waals surface area contributed by atoms with Crippen LogP contribution in [0.5, 0.6) is 0 Å². The fourth-order valence-corrected chi connectivity index (χ4v) is 2.69. The van der Waals surface area contributed by atoms with Gasteiger partial charge in [0.2, 0.25) is 0 Å². The van der Waals surface area contributed by atoms with Gasteiger partial charge in [0.05, 0.1) is 5.60 Å². The predicted octanol–water partition coefficient (Wildman–Crippen LogP) is 3.06. The maximum absolute atomic E-state index is 10.5. The second-order valence-corrected chi connectivity index (χ2v) is 5.99. The van der Waals surface area contributed by atoms with Crippen LogP contribution in [-0.2, 0) is 5.60 Å². The Morgan fingerprint density at radius 3 is 2.50 bits per heavy atom. The van der Waals surface area contributed by atoms with Gasteiger partial charge >= 0.3 is 0 Å². The van der Waals surface area contributed by atoms with Gasteiger partial charge in [-0.2, -0.15) is 0 Å². The number of nitrogens with one attached hydrogen (secondary N) is 1. The van der Waals surface area contributed by atoms with Gasteiger partial charge in [-0.05, 0) is 37.2 Å². The van der Waals surface area contributed by atoms with Gasteiger partial charge in [0.1, 0.15) is 0 Å². The summed E-state index contributed by atoms with van der Waals surface area (Å²) in [5.41, 5.74) is 0.753. The number of hydrogen-bond acceptors (Lipinski definition) is 2. The van der Waals surface area contributed by atoms with E-state index in [-0.39, 0.29) is 0 Å². The SMILES string of the molecule is CCCC1(CNCC(C)(O)c2ccccc2)CC1. The molecule has 1 aromatic rings. The quantitative estimate of drug-likeness (QED) is 0.776. The number of rotatable bonds is 7. The predicted molar refractivity (Wildman–Crippen MR) is 75.5 cm³/mol. The summed E-state index contributed by atoms with van der Waals surface area (Å²) in [4.78, 5) is 0. The van der Waals surface area contributed by atoms with E-state index in [2.05, 4.69) is 12.2 Å². The first-order valence-electron chi connectivity index (χ1n) is 7.07. The van der Waals surface area contributed by atoms with Crippen molar-refractivity contribution < 1.29 is 5.11 Å². The molecule has 1 saturated carbocycles. The van der Waals surface area contributed by atoms with Gasteiger partial charge in [0, 0.05) is 13.1 Å². The molecule has 1 atom stereocenters. The molecule has 1 aliphatic carbocycles. The molecule has 0 heterocycles. The molecule has 0 bridgehead atoms. The van der Waals surface area contributed by atoms with Gasteiger partial charge in [-0.25, -0.2) is 0 Å². The minimum Gasteiger partial charge on any atom is -0.384 e. The summed E-state index contributed by atoms with van der Waals surface area (Å²) < 4.78 is 0. The van der Waals surface area contributed by atoms with Gasteiger partial charge in [-0.1, -0.05) is 43.7 Å². The Bertz CT molecular complexity index is 368. The summed E-state index contributed by atoms with van der Waals surface area (Å²) in [6, 6.07) is 9.90. The Labute approximate surface area is 110 Å². The van der Waals surface area contributed by atoms with Gasteiger partial charge in [-0.3, -0.25) is 0 Å². The third-order valence-electron chi connectivity index (χ3n) is 4.10. The first-order chi connectivity index (χ1) is 8.58. The summed E-state index contributed by atoms with van der Waals surface area (Å²) in [5, 5.41) is 13.9. The molecule has 0 spiro atoms. The number of hydrogen-bond donors (Lipinski definition) is 2. The van der Waals surface area contributed by atoms with E-state index in [0.717, 1.165) is 12.1 Å².